The number of carbonyl (C=O) groups excluding carboxylic acids is 1. The van der Waals surface area contributed by atoms with Gasteiger partial charge in [-0.15, -0.1) is 11.6 Å². The van der Waals surface area contributed by atoms with Crippen molar-refractivity contribution in [2.75, 3.05) is 29.4 Å². The average molecular weight is 468 g/mol. The number of aromatic nitrogens is 1. The van der Waals surface area contributed by atoms with E-state index in [9.17, 15) is 4.79 Å². The molecule has 1 aliphatic carbocycles. The minimum Gasteiger partial charge on any atom is -0.377 e. The molecule has 2 aliphatic heterocycles. The molecule has 3 aliphatic rings. The number of rotatable bonds is 6. The Hall–Kier alpha value is -2.15. The minimum absolute atomic E-state index is 0.107. The van der Waals surface area contributed by atoms with Gasteiger partial charge >= 0.3 is 0 Å². The van der Waals surface area contributed by atoms with Crippen molar-refractivity contribution in [1.82, 2.24) is 4.98 Å². The van der Waals surface area contributed by atoms with Crippen molar-refractivity contribution in [3.05, 3.63) is 58.8 Å². The fourth-order valence-electron chi connectivity index (χ4n) is 5.02. The second kappa shape index (κ2) is 8.01. The van der Waals surface area contributed by atoms with Gasteiger partial charge in [-0.25, -0.2) is 4.98 Å². The van der Waals surface area contributed by atoms with Crippen LogP contribution in [-0.2, 0) is 27.8 Å². The third-order valence-corrected chi connectivity index (χ3v) is 8.84. The molecule has 1 N–H and O–H groups in total. The van der Waals surface area contributed by atoms with Crippen molar-refractivity contribution in [3.63, 3.8) is 0 Å². The van der Waals surface area contributed by atoms with Crippen molar-refractivity contribution in [2.24, 2.45) is 0 Å². The Morgan fingerprint density at radius 1 is 1.28 bits per heavy atom. The van der Waals surface area contributed by atoms with E-state index in [4.69, 9.17) is 16.3 Å². The van der Waals surface area contributed by atoms with E-state index in [1.807, 2.05) is 6.07 Å². The first-order valence-corrected chi connectivity index (χ1v) is 15.6. The number of carbonyl (C=O) groups is 1. The SMILES string of the molecule is C[Si](C)(C)CCOCN1C(=O)C2(Cc3cc4c(cc3C2)N[C@H](CCl)C=C4)c2cccnc21. The number of nitrogens with zero attached hydrogens (tertiary/aromatic N) is 2. The Morgan fingerprint density at radius 3 is 2.81 bits per heavy atom. The molecule has 0 saturated carbocycles. The lowest BCUT2D eigenvalue weighted by molar-refractivity contribution is -0.124. The van der Waals surface area contributed by atoms with Gasteiger partial charge in [-0.3, -0.25) is 9.69 Å². The van der Waals surface area contributed by atoms with E-state index in [1.54, 1.807) is 11.1 Å². The van der Waals surface area contributed by atoms with Crippen LogP contribution in [0.15, 0.2) is 36.5 Å². The summed E-state index contributed by atoms with van der Waals surface area (Å²) in [5.41, 5.74) is 5.15. The molecule has 1 spiro atoms. The van der Waals surface area contributed by atoms with E-state index in [-0.39, 0.29) is 18.7 Å². The van der Waals surface area contributed by atoms with Gasteiger partial charge in [-0.1, -0.05) is 37.9 Å². The Morgan fingerprint density at radius 2 is 2.06 bits per heavy atom. The summed E-state index contributed by atoms with van der Waals surface area (Å²) in [6, 6.07) is 9.65. The predicted molar refractivity (Wildman–Crippen MR) is 133 cm³/mol. The van der Waals surface area contributed by atoms with Gasteiger partial charge in [0.15, 0.2) is 0 Å². The van der Waals surface area contributed by atoms with Crippen LogP contribution in [-0.4, -0.2) is 44.2 Å². The van der Waals surface area contributed by atoms with E-state index in [1.165, 1.54) is 11.1 Å². The van der Waals surface area contributed by atoms with Gasteiger partial charge in [-0.05, 0) is 53.8 Å². The summed E-state index contributed by atoms with van der Waals surface area (Å²) in [5, 5.41) is 3.50. The average Bonchev–Trinajstić information content (AvgIpc) is 3.24. The molecule has 0 saturated heterocycles. The van der Waals surface area contributed by atoms with Crippen LogP contribution in [0, 0.1) is 0 Å². The molecule has 0 radical (unpaired) electrons. The summed E-state index contributed by atoms with van der Waals surface area (Å²) in [7, 11) is -1.18. The molecule has 1 unspecified atom stereocenters. The van der Waals surface area contributed by atoms with Gasteiger partial charge in [0.1, 0.15) is 12.5 Å². The van der Waals surface area contributed by atoms with Crippen molar-refractivity contribution in [3.8, 4) is 0 Å². The van der Waals surface area contributed by atoms with E-state index in [0.717, 1.165) is 28.7 Å². The Bertz CT molecular complexity index is 1100. The van der Waals surface area contributed by atoms with Crippen molar-refractivity contribution in [1.29, 1.82) is 0 Å². The Labute approximate surface area is 195 Å². The van der Waals surface area contributed by atoms with Gasteiger partial charge in [-0.2, -0.15) is 0 Å². The summed E-state index contributed by atoms with van der Waals surface area (Å²) < 4.78 is 5.97. The number of hydrogen-bond donors (Lipinski definition) is 1. The van der Waals surface area contributed by atoms with Crippen LogP contribution in [0.1, 0.15) is 22.3 Å². The standard InChI is InChI=1S/C25H30ClN3O2Si/c1-32(2,3)10-9-31-16-29-23-21(5-4-8-27-23)25(24(29)30)13-18-11-17-6-7-20(15-26)28-22(17)12-19(18)14-25/h4-8,11-12,20,28H,9-10,13-16H2,1-3H3/t20-,25?/m0/s1. The summed E-state index contributed by atoms with van der Waals surface area (Å²) in [6.07, 6.45) is 7.39. The zero-order chi connectivity index (χ0) is 22.5. The van der Waals surface area contributed by atoms with Crippen LogP contribution in [0.3, 0.4) is 0 Å². The molecule has 32 heavy (non-hydrogen) atoms. The molecule has 5 nitrogen and oxygen atoms in total. The van der Waals surface area contributed by atoms with Gasteiger partial charge < -0.3 is 10.1 Å². The lowest BCUT2D eigenvalue weighted by Crippen LogP contribution is -2.42. The van der Waals surface area contributed by atoms with Crippen LogP contribution in [0.2, 0.25) is 25.7 Å². The smallest absolute Gasteiger partial charge is 0.241 e. The van der Waals surface area contributed by atoms with Gasteiger partial charge in [0.2, 0.25) is 5.91 Å². The number of pyridine rings is 1. The van der Waals surface area contributed by atoms with Gasteiger partial charge in [0, 0.05) is 38.0 Å². The summed E-state index contributed by atoms with van der Waals surface area (Å²) in [4.78, 5) is 20.2. The van der Waals surface area contributed by atoms with Crippen molar-refractivity contribution < 1.29 is 9.53 Å². The molecule has 0 fully saturated rings. The van der Waals surface area contributed by atoms with Crippen molar-refractivity contribution >= 4 is 43.2 Å². The molecule has 2 atom stereocenters. The maximum atomic E-state index is 13.8. The lowest BCUT2D eigenvalue weighted by Gasteiger charge is -2.23. The number of amides is 1. The van der Waals surface area contributed by atoms with Crippen LogP contribution < -0.4 is 10.2 Å². The molecule has 7 heteroatoms. The van der Waals surface area contributed by atoms with Crippen LogP contribution in [0.4, 0.5) is 11.5 Å². The molecule has 1 amide bonds. The summed E-state index contributed by atoms with van der Waals surface area (Å²) in [6.45, 7) is 7.94. The first-order valence-electron chi connectivity index (χ1n) is 11.3. The normalized spacial score (nSPS) is 23.3. The fourth-order valence-corrected chi connectivity index (χ4v) is 5.96. The number of benzene rings is 1. The Kier molecular flexibility index (Phi) is 5.43. The van der Waals surface area contributed by atoms with E-state index < -0.39 is 13.5 Å². The first kappa shape index (κ1) is 21.7. The van der Waals surface area contributed by atoms with Crippen LogP contribution in [0.25, 0.3) is 6.08 Å². The highest BCUT2D eigenvalue weighted by Gasteiger charge is 2.54. The number of anilines is 2. The molecule has 1 aromatic carbocycles. The predicted octanol–water partition coefficient (Wildman–Crippen LogP) is 4.82. The first-order chi connectivity index (χ1) is 15.3. The molecular formula is C25H30ClN3O2Si. The van der Waals surface area contributed by atoms with Crippen LogP contribution in [0.5, 0.6) is 0 Å². The third kappa shape index (κ3) is 3.68. The highest BCUT2D eigenvalue weighted by Crippen LogP contribution is 2.50. The quantitative estimate of drug-likeness (QED) is 0.376. The molecule has 5 rings (SSSR count). The van der Waals surface area contributed by atoms with E-state index >= 15 is 0 Å². The summed E-state index contributed by atoms with van der Waals surface area (Å²) in [5.74, 6) is 1.39. The number of ether oxygens (including phenoxy) is 1. The fraction of sp³-hybridized carbons (Fsp3) is 0.440. The zero-order valence-corrected chi connectivity index (χ0v) is 20.7. The maximum absolute atomic E-state index is 13.8. The maximum Gasteiger partial charge on any atom is 0.241 e. The largest absolute Gasteiger partial charge is 0.377 e. The molecule has 1 aromatic heterocycles. The molecule has 2 aromatic rings. The topological polar surface area (TPSA) is 54.5 Å². The number of fused-ring (bicyclic) bond motifs is 4. The highest BCUT2D eigenvalue weighted by atomic mass is 35.5. The second-order valence-electron chi connectivity index (χ2n) is 10.4. The molecule has 0 bridgehead atoms. The van der Waals surface area contributed by atoms with E-state index in [0.29, 0.717) is 25.3 Å². The number of nitrogens with one attached hydrogen (secondary N) is 1. The number of hydrogen-bond acceptors (Lipinski definition) is 4. The zero-order valence-electron chi connectivity index (χ0n) is 19.0. The molecular weight excluding hydrogens is 438 g/mol. The highest BCUT2D eigenvalue weighted by molar-refractivity contribution is 6.76. The summed E-state index contributed by atoms with van der Waals surface area (Å²) >= 11 is 6.05. The minimum atomic E-state index is -1.18. The lowest BCUT2D eigenvalue weighted by atomic mass is 9.79. The van der Waals surface area contributed by atoms with E-state index in [2.05, 4.69) is 60.3 Å². The third-order valence-electron chi connectivity index (χ3n) is 6.80. The number of halogens is 1. The molecule has 3 heterocycles. The van der Waals surface area contributed by atoms with Gasteiger partial charge in [0.05, 0.1) is 11.5 Å². The Balaban J connectivity index is 1.42. The molecule has 168 valence electrons. The number of alkyl halides is 1. The second-order valence-corrected chi connectivity index (χ2v) is 16.3. The monoisotopic (exact) mass is 467 g/mol. The van der Waals surface area contributed by atoms with Crippen LogP contribution >= 0.6 is 11.6 Å². The van der Waals surface area contributed by atoms with Crippen molar-refractivity contribution in [2.45, 2.75) is 50.0 Å². The van der Waals surface area contributed by atoms with Gasteiger partial charge in [0.25, 0.3) is 0 Å².